The molecule has 0 bridgehead atoms. The highest BCUT2D eigenvalue weighted by atomic mass is 16.5. The number of ether oxygens (including phenoxy) is 1. The number of amides is 1. The van der Waals surface area contributed by atoms with E-state index in [1.54, 1.807) is 19.4 Å². The molecule has 0 aliphatic heterocycles. The summed E-state index contributed by atoms with van der Waals surface area (Å²) in [7, 11) is 1.68. The van der Waals surface area contributed by atoms with Crippen LogP contribution >= 0.6 is 0 Å². The van der Waals surface area contributed by atoms with Crippen molar-refractivity contribution in [3.63, 3.8) is 0 Å². The number of methoxy groups -OCH3 is 1. The molecule has 0 saturated heterocycles. The van der Waals surface area contributed by atoms with E-state index in [1.165, 1.54) is 0 Å². The average Bonchev–Trinajstić information content (AvgIpc) is 2.45. The Labute approximate surface area is 114 Å². The summed E-state index contributed by atoms with van der Waals surface area (Å²) in [5.41, 5.74) is 0.591. The Kier molecular flexibility index (Phi) is 7.58. The zero-order valence-electron chi connectivity index (χ0n) is 11.7. The van der Waals surface area contributed by atoms with Gasteiger partial charge in [-0.1, -0.05) is 6.92 Å². The Morgan fingerprint density at radius 1 is 1.32 bits per heavy atom. The predicted octanol–water partition coefficient (Wildman–Crippen LogP) is 2.06. The molecule has 2 N–H and O–H groups in total. The van der Waals surface area contributed by atoms with Gasteiger partial charge >= 0.3 is 0 Å². The molecule has 1 aromatic rings. The second-order valence-electron chi connectivity index (χ2n) is 4.31. The Balaban J connectivity index is 2.32. The largest absolute Gasteiger partial charge is 0.385 e. The van der Waals surface area contributed by atoms with Crippen LogP contribution in [0.3, 0.4) is 0 Å². The van der Waals surface area contributed by atoms with Crippen molar-refractivity contribution in [3.8, 4) is 0 Å². The number of pyridine rings is 1. The molecule has 0 spiro atoms. The number of hydrogen-bond acceptors (Lipinski definition) is 4. The van der Waals surface area contributed by atoms with Crippen molar-refractivity contribution in [3.05, 3.63) is 23.9 Å². The topological polar surface area (TPSA) is 63.2 Å². The van der Waals surface area contributed by atoms with E-state index >= 15 is 0 Å². The fraction of sp³-hybridized carbons (Fsp3) is 0.571. The van der Waals surface area contributed by atoms with Crippen molar-refractivity contribution < 1.29 is 9.53 Å². The first kappa shape index (κ1) is 15.4. The maximum absolute atomic E-state index is 11.8. The van der Waals surface area contributed by atoms with Crippen molar-refractivity contribution in [2.45, 2.75) is 26.2 Å². The first-order valence-corrected chi connectivity index (χ1v) is 6.75. The van der Waals surface area contributed by atoms with Gasteiger partial charge in [-0.15, -0.1) is 0 Å². The van der Waals surface area contributed by atoms with Gasteiger partial charge in [-0.25, -0.2) is 4.98 Å². The number of nitrogens with one attached hydrogen (secondary N) is 2. The highest BCUT2D eigenvalue weighted by Gasteiger charge is 2.05. The third kappa shape index (κ3) is 6.20. The van der Waals surface area contributed by atoms with Crippen LogP contribution in [0.4, 0.5) is 5.82 Å². The Bertz CT molecular complexity index is 365. The zero-order valence-corrected chi connectivity index (χ0v) is 11.7. The lowest BCUT2D eigenvalue weighted by atomic mass is 10.2. The van der Waals surface area contributed by atoms with E-state index in [-0.39, 0.29) is 5.91 Å². The SMILES string of the molecule is CCCNc1ccc(C(=O)NCCCCOC)cn1. The first-order chi connectivity index (χ1) is 9.27. The summed E-state index contributed by atoms with van der Waals surface area (Å²) in [6.45, 7) is 4.38. The summed E-state index contributed by atoms with van der Waals surface area (Å²) < 4.78 is 4.95. The minimum absolute atomic E-state index is 0.0769. The molecule has 0 fully saturated rings. The second-order valence-corrected chi connectivity index (χ2v) is 4.31. The van der Waals surface area contributed by atoms with E-state index in [9.17, 15) is 4.79 Å². The number of aromatic nitrogens is 1. The molecule has 19 heavy (non-hydrogen) atoms. The molecule has 1 rings (SSSR count). The number of hydrogen-bond donors (Lipinski definition) is 2. The van der Waals surface area contributed by atoms with Gasteiger partial charge in [0.15, 0.2) is 0 Å². The van der Waals surface area contributed by atoms with Gasteiger partial charge in [-0.3, -0.25) is 4.79 Å². The lowest BCUT2D eigenvalue weighted by molar-refractivity contribution is 0.0951. The van der Waals surface area contributed by atoms with E-state index in [1.807, 2.05) is 6.07 Å². The van der Waals surface area contributed by atoms with Crippen LogP contribution in [0, 0.1) is 0 Å². The molecule has 1 heterocycles. The van der Waals surface area contributed by atoms with Crippen LogP contribution in [0.1, 0.15) is 36.5 Å². The van der Waals surface area contributed by atoms with Crippen molar-refractivity contribution in [2.75, 3.05) is 32.1 Å². The number of carbonyl (C=O) groups excluding carboxylic acids is 1. The van der Waals surface area contributed by atoms with Crippen LogP contribution in [0.15, 0.2) is 18.3 Å². The summed E-state index contributed by atoms with van der Waals surface area (Å²) in [6.07, 6.45) is 4.52. The molecule has 106 valence electrons. The van der Waals surface area contributed by atoms with Crippen LogP contribution in [0.2, 0.25) is 0 Å². The summed E-state index contributed by atoms with van der Waals surface area (Å²) in [5.74, 6) is 0.727. The fourth-order valence-corrected chi connectivity index (χ4v) is 1.56. The molecule has 0 radical (unpaired) electrons. The van der Waals surface area contributed by atoms with Gasteiger partial charge in [0, 0.05) is 33.0 Å². The summed E-state index contributed by atoms with van der Waals surface area (Å²) in [6, 6.07) is 3.62. The van der Waals surface area contributed by atoms with Crippen molar-refractivity contribution >= 4 is 11.7 Å². The predicted molar refractivity (Wildman–Crippen MR) is 76.5 cm³/mol. The Morgan fingerprint density at radius 2 is 2.16 bits per heavy atom. The summed E-state index contributed by atoms with van der Waals surface area (Å²) in [5, 5.41) is 6.04. The summed E-state index contributed by atoms with van der Waals surface area (Å²) >= 11 is 0. The third-order valence-electron chi connectivity index (χ3n) is 2.64. The van der Waals surface area contributed by atoms with Crippen LogP contribution in [0.25, 0.3) is 0 Å². The first-order valence-electron chi connectivity index (χ1n) is 6.75. The molecular weight excluding hydrogens is 242 g/mol. The van der Waals surface area contributed by atoms with Crippen molar-refractivity contribution in [2.24, 2.45) is 0 Å². The normalized spacial score (nSPS) is 10.2. The number of rotatable bonds is 9. The quantitative estimate of drug-likeness (QED) is 0.671. The average molecular weight is 265 g/mol. The maximum atomic E-state index is 11.8. The van der Waals surface area contributed by atoms with Gasteiger partial charge in [0.2, 0.25) is 0 Å². The molecule has 0 aromatic carbocycles. The number of nitrogens with zero attached hydrogens (tertiary/aromatic N) is 1. The van der Waals surface area contributed by atoms with E-state index < -0.39 is 0 Å². The Morgan fingerprint density at radius 3 is 2.79 bits per heavy atom. The van der Waals surface area contributed by atoms with Gasteiger partial charge in [-0.05, 0) is 31.4 Å². The van der Waals surface area contributed by atoms with E-state index in [0.29, 0.717) is 12.1 Å². The number of anilines is 1. The molecule has 0 aliphatic rings. The smallest absolute Gasteiger partial charge is 0.252 e. The third-order valence-corrected chi connectivity index (χ3v) is 2.64. The molecule has 1 amide bonds. The molecule has 0 unspecified atom stereocenters. The molecular formula is C14H23N3O2. The number of carbonyl (C=O) groups is 1. The maximum Gasteiger partial charge on any atom is 0.252 e. The Hall–Kier alpha value is -1.62. The molecule has 0 saturated carbocycles. The lowest BCUT2D eigenvalue weighted by Gasteiger charge is -2.06. The molecule has 0 aliphatic carbocycles. The van der Waals surface area contributed by atoms with Crippen LogP contribution in [-0.4, -0.2) is 37.7 Å². The van der Waals surface area contributed by atoms with Gasteiger partial charge in [0.05, 0.1) is 5.56 Å². The zero-order chi connectivity index (χ0) is 13.9. The van der Waals surface area contributed by atoms with Gasteiger partial charge < -0.3 is 15.4 Å². The molecule has 1 aromatic heterocycles. The van der Waals surface area contributed by atoms with Gasteiger partial charge in [-0.2, -0.15) is 0 Å². The van der Waals surface area contributed by atoms with Crippen LogP contribution < -0.4 is 10.6 Å². The minimum atomic E-state index is -0.0769. The summed E-state index contributed by atoms with van der Waals surface area (Å²) in [4.78, 5) is 16.0. The highest BCUT2D eigenvalue weighted by molar-refractivity contribution is 5.93. The molecule has 5 heteroatoms. The minimum Gasteiger partial charge on any atom is -0.385 e. The fourth-order valence-electron chi connectivity index (χ4n) is 1.56. The van der Waals surface area contributed by atoms with Crippen LogP contribution in [0.5, 0.6) is 0 Å². The monoisotopic (exact) mass is 265 g/mol. The second kappa shape index (κ2) is 9.33. The number of unbranched alkanes of at least 4 members (excludes halogenated alkanes) is 1. The van der Waals surface area contributed by atoms with Gasteiger partial charge in [0.25, 0.3) is 5.91 Å². The van der Waals surface area contributed by atoms with Gasteiger partial charge in [0.1, 0.15) is 5.82 Å². The van der Waals surface area contributed by atoms with Crippen molar-refractivity contribution in [1.29, 1.82) is 0 Å². The van der Waals surface area contributed by atoms with Crippen LogP contribution in [-0.2, 0) is 4.74 Å². The van der Waals surface area contributed by atoms with E-state index in [4.69, 9.17) is 4.74 Å². The van der Waals surface area contributed by atoms with E-state index in [2.05, 4.69) is 22.5 Å². The van der Waals surface area contributed by atoms with E-state index in [0.717, 1.165) is 38.2 Å². The van der Waals surface area contributed by atoms with Crippen molar-refractivity contribution in [1.82, 2.24) is 10.3 Å². The standard InChI is InChI=1S/C14H23N3O2/c1-3-8-15-13-7-6-12(11-17-13)14(18)16-9-4-5-10-19-2/h6-7,11H,3-5,8-10H2,1-2H3,(H,15,17)(H,16,18). The highest BCUT2D eigenvalue weighted by Crippen LogP contribution is 2.05. The molecule has 5 nitrogen and oxygen atoms in total. The lowest BCUT2D eigenvalue weighted by Crippen LogP contribution is -2.24. The molecule has 0 atom stereocenters.